The molecular weight excluding hydrogens is 298 g/mol. The van der Waals surface area contributed by atoms with Crippen molar-refractivity contribution in [2.24, 2.45) is 0 Å². The summed E-state index contributed by atoms with van der Waals surface area (Å²) in [5.41, 5.74) is 3.23. The highest BCUT2D eigenvalue weighted by atomic mass is 35.5. The summed E-state index contributed by atoms with van der Waals surface area (Å²) in [5.74, 6) is -0.0989. The maximum absolute atomic E-state index is 12.1. The molecule has 0 atom stereocenters. The van der Waals surface area contributed by atoms with Gasteiger partial charge in [-0.2, -0.15) is 0 Å². The van der Waals surface area contributed by atoms with E-state index >= 15 is 0 Å². The molecule has 0 unspecified atom stereocenters. The van der Waals surface area contributed by atoms with Gasteiger partial charge >= 0.3 is 0 Å². The van der Waals surface area contributed by atoms with E-state index in [0.717, 1.165) is 11.1 Å². The van der Waals surface area contributed by atoms with E-state index in [1.165, 1.54) is 6.92 Å². The van der Waals surface area contributed by atoms with Gasteiger partial charge in [0.05, 0.1) is 0 Å². The molecule has 114 valence electrons. The zero-order valence-electron chi connectivity index (χ0n) is 12.7. The lowest BCUT2D eigenvalue weighted by atomic mass is 10.1. The van der Waals surface area contributed by atoms with Crippen LogP contribution in [0.4, 0.5) is 5.69 Å². The fourth-order valence-electron chi connectivity index (χ4n) is 2.14. The van der Waals surface area contributed by atoms with E-state index in [9.17, 15) is 9.59 Å². The van der Waals surface area contributed by atoms with Crippen LogP contribution in [0, 0.1) is 6.92 Å². The number of ketones is 1. The van der Waals surface area contributed by atoms with Gasteiger partial charge in [-0.05, 0) is 49.6 Å². The summed E-state index contributed by atoms with van der Waals surface area (Å²) in [6.07, 6.45) is 0.988. The van der Waals surface area contributed by atoms with Crippen LogP contribution in [0.15, 0.2) is 42.5 Å². The molecule has 0 aromatic heterocycles. The molecule has 0 aliphatic heterocycles. The van der Waals surface area contributed by atoms with E-state index in [1.54, 1.807) is 12.1 Å². The molecule has 2 aromatic carbocycles. The maximum atomic E-state index is 12.1. The average Bonchev–Trinajstić information content (AvgIpc) is 2.47. The number of aryl methyl sites for hydroxylation is 2. The minimum absolute atomic E-state index is 0.0190. The van der Waals surface area contributed by atoms with E-state index in [2.05, 4.69) is 5.32 Å². The molecular formula is C18H18ClNO2. The van der Waals surface area contributed by atoms with Crippen LogP contribution < -0.4 is 5.32 Å². The molecule has 0 aliphatic rings. The molecule has 2 aromatic rings. The highest BCUT2D eigenvalue weighted by Crippen LogP contribution is 2.18. The summed E-state index contributed by atoms with van der Waals surface area (Å²) in [7, 11) is 0. The Balaban J connectivity index is 2.00. The number of nitrogens with one attached hydrogen (secondary N) is 1. The zero-order valence-corrected chi connectivity index (χ0v) is 13.4. The lowest BCUT2D eigenvalue weighted by Crippen LogP contribution is -2.13. The lowest BCUT2D eigenvalue weighted by molar-refractivity contribution is -0.116. The number of halogens is 1. The molecule has 1 amide bonds. The second kappa shape index (κ2) is 7.23. The van der Waals surface area contributed by atoms with E-state index in [1.807, 2.05) is 37.3 Å². The van der Waals surface area contributed by atoms with E-state index in [-0.39, 0.29) is 11.7 Å². The molecule has 0 spiro atoms. The van der Waals surface area contributed by atoms with Crippen molar-refractivity contribution in [1.82, 2.24) is 0 Å². The topological polar surface area (TPSA) is 46.2 Å². The normalized spacial score (nSPS) is 10.3. The molecule has 1 N–H and O–H groups in total. The van der Waals surface area contributed by atoms with Gasteiger partial charge in [-0.1, -0.05) is 35.9 Å². The van der Waals surface area contributed by atoms with Crippen molar-refractivity contribution in [2.45, 2.75) is 26.7 Å². The average molecular weight is 316 g/mol. The Bertz CT molecular complexity index is 710. The number of hydrogen-bond donors (Lipinski definition) is 1. The van der Waals surface area contributed by atoms with Crippen molar-refractivity contribution < 1.29 is 9.59 Å². The van der Waals surface area contributed by atoms with Crippen molar-refractivity contribution in [3.63, 3.8) is 0 Å². The molecule has 0 saturated carbocycles. The molecule has 0 saturated heterocycles. The number of benzene rings is 2. The van der Waals surface area contributed by atoms with Crippen LogP contribution in [0.3, 0.4) is 0 Å². The molecule has 4 heteroatoms. The van der Waals surface area contributed by atoms with Crippen LogP contribution >= 0.6 is 11.6 Å². The van der Waals surface area contributed by atoms with Crippen molar-refractivity contribution in [3.8, 4) is 0 Å². The van der Waals surface area contributed by atoms with Gasteiger partial charge in [0.1, 0.15) is 0 Å². The first-order valence-electron chi connectivity index (χ1n) is 7.11. The molecule has 0 radical (unpaired) electrons. The number of rotatable bonds is 5. The Morgan fingerprint density at radius 3 is 2.59 bits per heavy atom. The van der Waals surface area contributed by atoms with Crippen molar-refractivity contribution >= 4 is 29.0 Å². The van der Waals surface area contributed by atoms with E-state index < -0.39 is 0 Å². The van der Waals surface area contributed by atoms with Gasteiger partial charge in [0.25, 0.3) is 0 Å². The summed E-state index contributed by atoms with van der Waals surface area (Å²) >= 11 is 5.93. The van der Waals surface area contributed by atoms with Crippen molar-refractivity contribution in [1.29, 1.82) is 0 Å². The number of hydrogen-bond acceptors (Lipinski definition) is 2. The number of carbonyl (C=O) groups excluding carboxylic acids is 2. The largest absolute Gasteiger partial charge is 0.326 e. The zero-order chi connectivity index (χ0) is 16.1. The Morgan fingerprint density at radius 2 is 1.91 bits per heavy atom. The lowest BCUT2D eigenvalue weighted by Gasteiger charge is -2.10. The highest BCUT2D eigenvalue weighted by molar-refractivity contribution is 6.30. The van der Waals surface area contributed by atoms with Crippen LogP contribution in [-0.4, -0.2) is 11.7 Å². The van der Waals surface area contributed by atoms with Crippen LogP contribution in [-0.2, 0) is 11.2 Å². The number of Topliss-reactive ketones (excluding diaryl/α,β-unsaturated/α-hetero) is 1. The first-order valence-corrected chi connectivity index (χ1v) is 7.49. The Morgan fingerprint density at radius 1 is 1.14 bits per heavy atom. The molecule has 0 fully saturated rings. The minimum Gasteiger partial charge on any atom is -0.326 e. The summed E-state index contributed by atoms with van der Waals surface area (Å²) < 4.78 is 0. The van der Waals surface area contributed by atoms with Gasteiger partial charge < -0.3 is 5.32 Å². The van der Waals surface area contributed by atoms with Crippen LogP contribution in [0.1, 0.15) is 34.8 Å². The van der Waals surface area contributed by atoms with Crippen LogP contribution in [0.25, 0.3) is 0 Å². The van der Waals surface area contributed by atoms with Gasteiger partial charge in [0.2, 0.25) is 5.91 Å². The fourth-order valence-corrected chi connectivity index (χ4v) is 2.35. The quantitative estimate of drug-likeness (QED) is 0.830. The van der Waals surface area contributed by atoms with Gasteiger partial charge in [0.15, 0.2) is 5.78 Å². The highest BCUT2D eigenvalue weighted by Gasteiger charge is 2.08. The smallest absolute Gasteiger partial charge is 0.224 e. The third kappa shape index (κ3) is 4.43. The Labute approximate surface area is 135 Å². The molecule has 22 heavy (non-hydrogen) atoms. The molecule has 0 aliphatic carbocycles. The Kier molecular flexibility index (Phi) is 5.34. The third-order valence-electron chi connectivity index (χ3n) is 3.45. The van der Waals surface area contributed by atoms with Crippen LogP contribution in [0.5, 0.6) is 0 Å². The van der Waals surface area contributed by atoms with E-state index in [4.69, 9.17) is 11.6 Å². The van der Waals surface area contributed by atoms with Crippen molar-refractivity contribution in [2.75, 3.05) is 5.32 Å². The summed E-state index contributed by atoms with van der Waals surface area (Å²) in [4.78, 5) is 23.5. The van der Waals surface area contributed by atoms with Gasteiger partial charge in [-0.25, -0.2) is 0 Å². The van der Waals surface area contributed by atoms with Crippen molar-refractivity contribution in [3.05, 3.63) is 64.2 Å². The maximum Gasteiger partial charge on any atom is 0.224 e. The number of carbonyl (C=O) groups is 2. The predicted molar refractivity (Wildman–Crippen MR) is 89.6 cm³/mol. The van der Waals surface area contributed by atoms with Crippen LogP contribution in [0.2, 0.25) is 5.02 Å². The summed E-state index contributed by atoms with van der Waals surface area (Å²) in [6.45, 7) is 3.41. The second-order valence-electron chi connectivity index (χ2n) is 5.26. The van der Waals surface area contributed by atoms with Gasteiger partial charge in [0, 0.05) is 22.7 Å². The molecule has 0 heterocycles. The number of amides is 1. The standard InChI is InChI=1S/C18H18ClNO2/c1-12-6-8-15(13(2)21)11-17(12)20-18(22)9-7-14-4-3-5-16(19)10-14/h3-6,8,10-11H,7,9H2,1-2H3,(H,20,22). The SMILES string of the molecule is CC(=O)c1ccc(C)c(NC(=O)CCc2cccc(Cl)c2)c1. The van der Waals surface area contributed by atoms with Gasteiger partial charge in [-0.3, -0.25) is 9.59 Å². The first-order chi connectivity index (χ1) is 10.5. The van der Waals surface area contributed by atoms with Gasteiger partial charge in [-0.15, -0.1) is 0 Å². The molecule has 3 nitrogen and oxygen atoms in total. The number of anilines is 1. The summed E-state index contributed by atoms with van der Waals surface area (Å²) in [6, 6.07) is 12.8. The summed E-state index contributed by atoms with van der Waals surface area (Å²) in [5, 5.41) is 3.54. The monoisotopic (exact) mass is 315 g/mol. The minimum atomic E-state index is -0.0798. The molecule has 2 rings (SSSR count). The second-order valence-corrected chi connectivity index (χ2v) is 5.70. The first kappa shape index (κ1) is 16.2. The molecule has 0 bridgehead atoms. The third-order valence-corrected chi connectivity index (χ3v) is 3.68. The predicted octanol–water partition coefficient (Wildman–Crippen LogP) is 4.42. The Hall–Kier alpha value is -2.13. The fraction of sp³-hybridized carbons (Fsp3) is 0.222. The van der Waals surface area contributed by atoms with E-state index in [0.29, 0.717) is 29.1 Å².